The lowest BCUT2D eigenvalue weighted by atomic mass is 10.00. The van der Waals surface area contributed by atoms with Gasteiger partial charge in [0.05, 0.1) is 6.61 Å². The molecule has 2 aromatic rings. The van der Waals surface area contributed by atoms with Crippen LogP contribution >= 0.6 is 23.6 Å². The molecular formula is C14H14N2O3S3. The summed E-state index contributed by atoms with van der Waals surface area (Å²) in [6.45, 7) is 2.46. The second-order valence-electron chi connectivity index (χ2n) is 4.96. The molecule has 0 saturated heterocycles. The Labute approximate surface area is 138 Å². The minimum Gasteiger partial charge on any atom is -0.470 e. The van der Waals surface area contributed by atoms with E-state index in [0.717, 1.165) is 11.3 Å². The molecule has 1 aliphatic heterocycles. The predicted molar refractivity (Wildman–Crippen MR) is 92.2 cm³/mol. The summed E-state index contributed by atoms with van der Waals surface area (Å²) in [5.41, 5.74) is 2.33. The van der Waals surface area contributed by atoms with Crippen LogP contribution in [-0.4, -0.2) is 20.2 Å². The number of sulfonamides is 1. The summed E-state index contributed by atoms with van der Waals surface area (Å²) in [6.07, 6.45) is 0. The molecule has 0 amide bonds. The number of thiophene rings is 1. The molecule has 2 heterocycles. The SMILES string of the molecule is CC1COC(=S)Nc2ccc(NS(=O)(=O)c3cccs3)cc21. The molecule has 2 N–H and O–H groups in total. The van der Waals surface area contributed by atoms with Gasteiger partial charge in [0.2, 0.25) is 0 Å². The number of benzene rings is 1. The van der Waals surface area contributed by atoms with E-state index < -0.39 is 10.0 Å². The molecule has 3 rings (SSSR count). The zero-order valence-electron chi connectivity index (χ0n) is 11.7. The van der Waals surface area contributed by atoms with E-state index in [4.69, 9.17) is 17.0 Å². The molecule has 1 aromatic heterocycles. The highest BCUT2D eigenvalue weighted by molar-refractivity contribution is 7.94. The van der Waals surface area contributed by atoms with Crippen LogP contribution in [0.25, 0.3) is 0 Å². The maximum Gasteiger partial charge on any atom is 0.271 e. The first kappa shape index (κ1) is 15.3. The number of hydrogen-bond acceptors (Lipinski definition) is 5. The standard InChI is InChI=1S/C14H14N2O3S3/c1-9-8-19-14(20)15-12-5-4-10(7-11(9)12)16-22(17,18)13-3-2-6-21-13/h2-7,9,16H,8H2,1H3,(H,15,20). The van der Waals surface area contributed by atoms with Gasteiger partial charge in [0.15, 0.2) is 0 Å². The lowest BCUT2D eigenvalue weighted by Crippen LogP contribution is -2.12. The Hall–Kier alpha value is -1.64. The van der Waals surface area contributed by atoms with Crippen molar-refractivity contribution in [3.63, 3.8) is 0 Å². The van der Waals surface area contributed by atoms with Gasteiger partial charge in [0.25, 0.3) is 15.2 Å². The minimum atomic E-state index is -3.54. The quantitative estimate of drug-likeness (QED) is 0.827. The lowest BCUT2D eigenvalue weighted by molar-refractivity contribution is 0.294. The van der Waals surface area contributed by atoms with E-state index in [1.807, 2.05) is 13.0 Å². The zero-order chi connectivity index (χ0) is 15.7. The van der Waals surface area contributed by atoms with Gasteiger partial charge < -0.3 is 10.1 Å². The number of hydrogen-bond donors (Lipinski definition) is 2. The zero-order valence-corrected chi connectivity index (χ0v) is 14.1. The minimum absolute atomic E-state index is 0.106. The first-order valence-electron chi connectivity index (χ1n) is 6.60. The summed E-state index contributed by atoms with van der Waals surface area (Å²) in [5.74, 6) is 0.106. The van der Waals surface area contributed by atoms with Gasteiger partial charge in [-0.1, -0.05) is 13.0 Å². The second kappa shape index (κ2) is 5.86. The van der Waals surface area contributed by atoms with Crippen LogP contribution < -0.4 is 10.0 Å². The molecule has 0 spiro atoms. The van der Waals surface area contributed by atoms with Crippen LogP contribution in [-0.2, 0) is 14.8 Å². The maximum absolute atomic E-state index is 12.3. The van der Waals surface area contributed by atoms with Gasteiger partial charge in [-0.25, -0.2) is 8.42 Å². The number of ether oxygens (including phenoxy) is 1. The monoisotopic (exact) mass is 354 g/mol. The molecule has 0 saturated carbocycles. The van der Waals surface area contributed by atoms with Crippen molar-refractivity contribution < 1.29 is 13.2 Å². The van der Waals surface area contributed by atoms with Gasteiger partial charge in [-0.2, -0.15) is 0 Å². The summed E-state index contributed by atoms with van der Waals surface area (Å²) in [7, 11) is -3.54. The van der Waals surface area contributed by atoms with E-state index in [1.165, 1.54) is 11.3 Å². The Bertz CT molecular complexity index is 801. The number of nitrogens with one attached hydrogen (secondary N) is 2. The fourth-order valence-electron chi connectivity index (χ4n) is 2.21. The topological polar surface area (TPSA) is 67.4 Å². The normalized spacial score (nSPS) is 17.9. The van der Waals surface area contributed by atoms with E-state index in [0.29, 0.717) is 17.5 Å². The summed E-state index contributed by atoms with van der Waals surface area (Å²) in [6, 6.07) is 8.61. The van der Waals surface area contributed by atoms with Gasteiger partial charge in [-0.3, -0.25) is 4.72 Å². The van der Waals surface area contributed by atoms with E-state index >= 15 is 0 Å². The van der Waals surface area contributed by atoms with Gasteiger partial charge in [-0.05, 0) is 47.4 Å². The predicted octanol–water partition coefficient (Wildman–Crippen LogP) is 3.38. The average Bonchev–Trinajstić information content (AvgIpc) is 2.97. The summed E-state index contributed by atoms with van der Waals surface area (Å²) in [4.78, 5) is 0. The Balaban J connectivity index is 1.92. The van der Waals surface area contributed by atoms with E-state index in [1.54, 1.807) is 29.6 Å². The van der Waals surface area contributed by atoms with Crippen molar-refractivity contribution in [2.45, 2.75) is 17.1 Å². The van der Waals surface area contributed by atoms with Crippen molar-refractivity contribution >= 4 is 50.1 Å². The molecule has 22 heavy (non-hydrogen) atoms. The van der Waals surface area contributed by atoms with Gasteiger partial charge in [0.1, 0.15) is 4.21 Å². The first-order valence-corrected chi connectivity index (χ1v) is 9.37. The Morgan fingerprint density at radius 1 is 1.41 bits per heavy atom. The molecule has 0 bridgehead atoms. The molecule has 1 aliphatic rings. The van der Waals surface area contributed by atoms with Crippen molar-refractivity contribution in [2.75, 3.05) is 16.6 Å². The molecule has 116 valence electrons. The summed E-state index contributed by atoms with van der Waals surface area (Å²) >= 11 is 6.23. The molecular weight excluding hydrogens is 340 g/mol. The van der Waals surface area contributed by atoms with Crippen LogP contribution in [0.15, 0.2) is 39.9 Å². The number of fused-ring (bicyclic) bond motifs is 1. The van der Waals surface area contributed by atoms with Crippen LogP contribution in [0.3, 0.4) is 0 Å². The van der Waals surface area contributed by atoms with Gasteiger partial charge in [-0.15, -0.1) is 11.3 Å². The van der Waals surface area contributed by atoms with Crippen molar-refractivity contribution in [3.8, 4) is 0 Å². The summed E-state index contributed by atoms with van der Waals surface area (Å²) in [5, 5.41) is 5.07. The van der Waals surface area contributed by atoms with Crippen molar-refractivity contribution in [1.82, 2.24) is 0 Å². The van der Waals surface area contributed by atoms with Crippen LogP contribution in [0, 0.1) is 0 Å². The number of anilines is 2. The second-order valence-corrected chi connectivity index (χ2v) is 8.19. The van der Waals surface area contributed by atoms with E-state index in [-0.39, 0.29) is 10.1 Å². The number of thiocarbonyl (C=S) groups is 1. The molecule has 1 atom stereocenters. The van der Waals surface area contributed by atoms with E-state index in [9.17, 15) is 8.42 Å². The molecule has 0 radical (unpaired) electrons. The molecule has 5 nitrogen and oxygen atoms in total. The highest BCUT2D eigenvalue weighted by atomic mass is 32.2. The van der Waals surface area contributed by atoms with Gasteiger partial charge >= 0.3 is 0 Å². The van der Waals surface area contributed by atoms with Crippen LogP contribution in [0.1, 0.15) is 18.4 Å². The fourth-order valence-corrected chi connectivity index (χ4v) is 4.43. The maximum atomic E-state index is 12.3. The third-order valence-corrected chi connectivity index (χ3v) is 6.29. The largest absolute Gasteiger partial charge is 0.470 e. The molecule has 1 aromatic carbocycles. The molecule has 0 aliphatic carbocycles. The van der Waals surface area contributed by atoms with Crippen LogP contribution in [0.2, 0.25) is 0 Å². The van der Waals surface area contributed by atoms with E-state index in [2.05, 4.69) is 10.0 Å². The Kier molecular flexibility index (Phi) is 4.07. The van der Waals surface area contributed by atoms with Crippen molar-refractivity contribution in [2.24, 2.45) is 0 Å². The lowest BCUT2D eigenvalue weighted by Gasteiger charge is -2.13. The number of rotatable bonds is 3. The van der Waals surface area contributed by atoms with Crippen molar-refractivity contribution in [1.29, 1.82) is 0 Å². The highest BCUT2D eigenvalue weighted by Gasteiger charge is 2.20. The Morgan fingerprint density at radius 3 is 2.95 bits per heavy atom. The molecule has 8 heteroatoms. The van der Waals surface area contributed by atoms with Crippen LogP contribution in [0.5, 0.6) is 0 Å². The molecule has 0 fully saturated rings. The Morgan fingerprint density at radius 2 is 2.23 bits per heavy atom. The fraction of sp³-hybridized carbons (Fsp3) is 0.214. The van der Waals surface area contributed by atoms with Gasteiger partial charge in [0, 0.05) is 17.3 Å². The third kappa shape index (κ3) is 3.08. The smallest absolute Gasteiger partial charge is 0.271 e. The summed E-state index contributed by atoms with van der Waals surface area (Å²) < 4.78 is 32.8. The third-order valence-electron chi connectivity index (χ3n) is 3.30. The van der Waals surface area contributed by atoms with Crippen molar-refractivity contribution in [3.05, 3.63) is 41.3 Å². The van der Waals surface area contributed by atoms with Crippen LogP contribution in [0.4, 0.5) is 11.4 Å². The molecule has 1 unspecified atom stereocenters. The average molecular weight is 354 g/mol. The first-order chi connectivity index (χ1) is 10.5. The highest BCUT2D eigenvalue weighted by Crippen LogP contribution is 2.31.